The molecule has 2 aromatic heterocycles. The maximum Gasteiger partial charge on any atom is 0.257 e. The Morgan fingerprint density at radius 2 is 2.42 bits per heavy atom. The van der Waals surface area contributed by atoms with E-state index < -0.39 is 0 Å². The van der Waals surface area contributed by atoms with Gasteiger partial charge in [0, 0.05) is 25.5 Å². The molecule has 1 N–H and O–H groups in total. The van der Waals surface area contributed by atoms with Gasteiger partial charge in [-0.1, -0.05) is 0 Å². The summed E-state index contributed by atoms with van der Waals surface area (Å²) in [5.74, 6) is 0.607. The molecule has 100 valence electrons. The molecule has 0 spiro atoms. The monoisotopic (exact) mass is 259 g/mol. The highest BCUT2D eigenvalue weighted by Gasteiger charge is 2.28. The molecule has 6 nitrogen and oxygen atoms in total. The van der Waals surface area contributed by atoms with Gasteiger partial charge in [0.2, 0.25) is 0 Å². The van der Waals surface area contributed by atoms with E-state index >= 15 is 0 Å². The smallest absolute Gasteiger partial charge is 0.257 e. The number of rotatable bonds is 3. The normalized spacial score (nSPS) is 19.2. The van der Waals surface area contributed by atoms with Crippen molar-refractivity contribution in [3.8, 4) is 0 Å². The van der Waals surface area contributed by atoms with Gasteiger partial charge in [0.25, 0.3) is 5.91 Å². The Morgan fingerprint density at radius 1 is 1.53 bits per heavy atom. The number of carbonyl (C=O) groups is 1. The van der Waals surface area contributed by atoms with Gasteiger partial charge in [-0.2, -0.15) is 5.10 Å². The summed E-state index contributed by atoms with van der Waals surface area (Å²) in [5, 5.41) is 7.35. The average molecular weight is 259 g/mol. The largest absolute Gasteiger partial charge is 0.338 e. The lowest BCUT2D eigenvalue weighted by Gasteiger charge is -2.15. The van der Waals surface area contributed by atoms with Crippen molar-refractivity contribution in [1.29, 1.82) is 0 Å². The van der Waals surface area contributed by atoms with E-state index in [9.17, 15) is 4.79 Å². The van der Waals surface area contributed by atoms with Gasteiger partial charge in [0.15, 0.2) is 0 Å². The minimum absolute atomic E-state index is 0.0570. The molecule has 1 saturated heterocycles. The number of likely N-dealkylation sites (tertiary alicyclic amines) is 1. The van der Waals surface area contributed by atoms with Crippen molar-refractivity contribution in [3.63, 3.8) is 0 Å². The Morgan fingerprint density at radius 3 is 3.26 bits per heavy atom. The molecule has 1 amide bonds. The van der Waals surface area contributed by atoms with Crippen LogP contribution < -0.4 is 5.32 Å². The summed E-state index contributed by atoms with van der Waals surface area (Å²) in [6, 6.07) is 0. The molecule has 3 rings (SSSR count). The van der Waals surface area contributed by atoms with Gasteiger partial charge in [0.05, 0.1) is 23.5 Å². The lowest BCUT2D eigenvalue weighted by Crippen LogP contribution is -2.30. The zero-order valence-electron chi connectivity index (χ0n) is 10.9. The molecule has 1 aliphatic heterocycles. The second-order valence-corrected chi connectivity index (χ2v) is 4.93. The molecule has 0 radical (unpaired) electrons. The Hall–Kier alpha value is -1.95. The number of nitrogens with zero attached hydrogens (tertiary/aromatic N) is 4. The molecule has 0 saturated carbocycles. The number of hydrogen-bond donors (Lipinski definition) is 1. The SMILES string of the molecule is CNCC1CCN(C(=O)c2cnn3ccncc23)C1. The van der Waals surface area contributed by atoms with Crippen molar-refractivity contribution in [3.05, 3.63) is 30.4 Å². The second-order valence-electron chi connectivity index (χ2n) is 4.93. The van der Waals surface area contributed by atoms with Crippen molar-refractivity contribution in [2.75, 3.05) is 26.7 Å². The van der Waals surface area contributed by atoms with Crippen LogP contribution in [0.5, 0.6) is 0 Å². The van der Waals surface area contributed by atoms with Crippen LogP contribution in [0.1, 0.15) is 16.8 Å². The van der Waals surface area contributed by atoms with Crippen LogP contribution in [-0.2, 0) is 0 Å². The second kappa shape index (κ2) is 4.97. The van der Waals surface area contributed by atoms with E-state index in [1.807, 2.05) is 11.9 Å². The molecule has 0 bridgehead atoms. The topological polar surface area (TPSA) is 62.5 Å². The fourth-order valence-electron chi connectivity index (χ4n) is 2.64. The van der Waals surface area contributed by atoms with Crippen LogP contribution in [-0.4, -0.2) is 52.1 Å². The van der Waals surface area contributed by atoms with Crippen LogP contribution in [0.4, 0.5) is 0 Å². The molecule has 1 aliphatic rings. The number of aromatic nitrogens is 3. The highest BCUT2D eigenvalue weighted by molar-refractivity contribution is 6.00. The first-order chi connectivity index (χ1) is 9.29. The molecule has 0 aromatic carbocycles. The van der Waals surface area contributed by atoms with Crippen molar-refractivity contribution in [1.82, 2.24) is 24.8 Å². The van der Waals surface area contributed by atoms with Crippen LogP contribution in [0.2, 0.25) is 0 Å². The Kier molecular flexibility index (Phi) is 3.16. The third-order valence-corrected chi connectivity index (χ3v) is 3.62. The average Bonchev–Trinajstić information content (AvgIpc) is 3.05. The Labute approximate surface area is 111 Å². The van der Waals surface area contributed by atoms with E-state index in [-0.39, 0.29) is 5.91 Å². The highest BCUT2D eigenvalue weighted by atomic mass is 16.2. The highest BCUT2D eigenvalue weighted by Crippen LogP contribution is 2.19. The molecule has 1 atom stereocenters. The molecule has 19 heavy (non-hydrogen) atoms. The quantitative estimate of drug-likeness (QED) is 0.867. The molecule has 0 aliphatic carbocycles. The first-order valence-corrected chi connectivity index (χ1v) is 6.51. The molecule has 6 heteroatoms. The van der Waals surface area contributed by atoms with E-state index in [0.29, 0.717) is 11.5 Å². The summed E-state index contributed by atoms with van der Waals surface area (Å²) in [5.41, 5.74) is 1.41. The summed E-state index contributed by atoms with van der Waals surface area (Å²) in [6.07, 6.45) is 7.78. The van der Waals surface area contributed by atoms with Crippen LogP contribution in [0, 0.1) is 5.92 Å². The summed E-state index contributed by atoms with van der Waals surface area (Å²) in [6.45, 7) is 2.60. The lowest BCUT2D eigenvalue weighted by molar-refractivity contribution is 0.0789. The molecule has 1 unspecified atom stereocenters. The van der Waals surface area contributed by atoms with E-state index in [2.05, 4.69) is 15.4 Å². The molecular formula is C13H17N5O. The number of nitrogens with one attached hydrogen (secondary N) is 1. The number of fused-ring (bicyclic) bond motifs is 1. The molecule has 1 fully saturated rings. The van der Waals surface area contributed by atoms with E-state index in [4.69, 9.17) is 0 Å². The first-order valence-electron chi connectivity index (χ1n) is 6.51. The summed E-state index contributed by atoms with van der Waals surface area (Å²) >= 11 is 0. The van der Waals surface area contributed by atoms with Gasteiger partial charge in [-0.15, -0.1) is 0 Å². The third kappa shape index (κ3) is 2.19. The van der Waals surface area contributed by atoms with Crippen LogP contribution in [0.25, 0.3) is 5.52 Å². The maximum atomic E-state index is 12.5. The molecule has 2 aromatic rings. The van der Waals surface area contributed by atoms with Gasteiger partial charge in [-0.05, 0) is 25.9 Å². The first kappa shape index (κ1) is 12.1. The van der Waals surface area contributed by atoms with Crippen LogP contribution >= 0.6 is 0 Å². The number of carbonyl (C=O) groups excluding carboxylic acids is 1. The number of amides is 1. The fraction of sp³-hybridized carbons (Fsp3) is 0.462. The minimum Gasteiger partial charge on any atom is -0.338 e. The summed E-state index contributed by atoms with van der Waals surface area (Å²) < 4.78 is 1.68. The van der Waals surface area contributed by atoms with Gasteiger partial charge in [-0.3, -0.25) is 9.78 Å². The minimum atomic E-state index is 0.0570. The Bertz CT molecular complexity index is 593. The predicted molar refractivity (Wildman–Crippen MR) is 70.9 cm³/mol. The van der Waals surface area contributed by atoms with Gasteiger partial charge >= 0.3 is 0 Å². The van der Waals surface area contributed by atoms with Crippen molar-refractivity contribution in [2.45, 2.75) is 6.42 Å². The van der Waals surface area contributed by atoms with Gasteiger partial charge in [-0.25, -0.2) is 4.52 Å². The molecular weight excluding hydrogens is 242 g/mol. The number of hydrogen-bond acceptors (Lipinski definition) is 4. The summed E-state index contributed by atoms with van der Waals surface area (Å²) in [7, 11) is 1.95. The Balaban J connectivity index is 1.81. The zero-order valence-corrected chi connectivity index (χ0v) is 10.9. The maximum absolute atomic E-state index is 12.5. The van der Waals surface area contributed by atoms with E-state index in [1.54, 1.807) is 29.3 Å². The van der Waals surface area contributed by atoms with E-state index in [0.717, 1.165) is 31.6 Å². The third-order valence-electron chi connectivity index (χ3n) is 3.62. The zero-order chi connectivity index (χ0) is 13.2. The van der Waals surface area contributed by atoms with Crippen LogP contribution in [0.15, 0.2) is 24.8 Å². The van der Waals surface area contributed by atoms with Crippen LogP contribution in [0.3, 0.4) is 0 Å². The lowest BCUT2D eigenvalue weighted by atomic mass is 10.1. The predicted octanol–water partition coefficient (Wildman–Crippen LogP) is 0.411. The van der Waals surface area contributed by atoms with Crippen molar-refractivity contribution >= 4 is 11.4 Å². The van der Waals surface area contributed by atoms with Crippen molar-refractivity contribution in [2.24, 2.45) is 5.92 Å². The van der Waals surface area contributed by atoms with Crippen molar-refractivity contribution < 1.29 is 4.79 Å². The fourth-order valence-corrected chi connectivity index (χ4v) is 2.64. The van der Waals surface area contributed by atoms with E-state index in [1.165, 1.54) is 0 Å². The van der Waals surface area contributed by atoms with Gasteiger partial charge < -0.3 is 10.2 Å². The van der Waals surface area contributed by atoms with Gasteiger partial charge in [0.1, 0.15) is 0 Å². The summed E-state index contributed by atoms with van der Waals surface area (Å²) in [4.78, 5) is 18.5. The standard InChI is InChI=1S/C13H17N5O/c1-14-6-10-2-4-17(9-10)13(19)11-7-16-18-5-3-15-8-12(11)18/h3,5,7-8,10,14H,2,4,6,9H2,1H3. The molecule has 3 heterocycles.